The number of ether oxygens (including phenoxy) is 1. The number of phenols is 1. The first-order chi connectivity index (χ1) is 9.79. The molecule has 1 fully saturated rings. The molecule has 1 unspecified atom stereocenters. The van der Waals surface area contributed by atoms with Crippen LogP contribution in [0.15, 0.2) is 24.3 Å². The van der Waals surface area contributed by atoms with E-state index in [1.807, 2.05) is 12.1 Å². The number of nitrogens with zero attached hydrogens (tertiary/aromatic N) is 1. The Hall–Kier alpha value is -1.10. The summed E-state index contributed by atoms with van der Waals surface area (Å²) in [7, 11) is 1.73. The number of nitrogens with one attached hydrogen (secondary N) is 1. The van der Waals surface area contributed by atoms with Gasteiger partial charge < -0.3 is 15.2 Å². The number of methoxy groups -OCH3 is 1. The highest BCUT2D eigenvalue weighted by Crippen LogP contribution is 2.20. The monoisotopic (exact) mass is 278 g/mol. The molecule has 1 aliphatic rings. The van der Waals surface area contributed by atoms with E-state index in [9.17, 15) is 5.11 Å². The fourth-order valence-corrected chi connectivity index (χ4v) is 2.83. The predicted octanol–water partition coefficient (Wildman–Crippen LogP) is 1.98. The van der Waals surface area contributed by atoms with Gasteiger partial charge in [-0.15, -0.1) is 0 Å². The van der Waals surface area contributed by atoms with Crippen molar-refractivity contribution in [3.8, 4) is 5.75 Å². The van der Waals surface area contributed by atoms with Crippen LogP contribution in [-0.4, -0.2) is 49.4 Å². The number of benzene rings is 1. The van der Waals surface area contributed by atoms with Crippen LogP contribution in [0.3, 0.4) is 0 Å². The van der Waals surface area contributed by atoms with Crippen LogP contribution < -0.4 is 5.32 Å². The minimum Gasteiger partial charge on any atom is -0.508 e. The summed E-state index contributed by atoms with van der Waals surface area (Å²) in [5.41, 5.74) is 1.19. The first kappa shape index (κ1) is 15.3. The lowest BCUT2D eigenvalue weighted by molar-refractivity contribution is 0.133. The Kier molecular flexibility index (Phi) is 6.30. The number of hydrogen-bond acceptors (Lipinski definition) is 4. The van der Waals surface area contributed by atoms with Crippen molar-refractivity contribution in [3.05, 3.63) is 29.8 Å². The lowest BCUT2D eigenvalue weighted by atomic mass is 10.0. The highest BCUT2D eigenvalue weighted by atomic mass is 16.5. The molecule has 0 spiro atoms. The van der Waals surface area contributed by atoms with Gasteiger partial charge in [-0.05, 0) is 37.1 Å². The third-order valence-corrected chi connectivity index (χ3v) is 3.91. The topological polar surface area (TPSA) is 44.7 Å². The molecule has 112 valence electrons. The minimum absolute atomic E-state index is 0.356. The van der Waals surface area contributed by atoms with Crippen molar-refractivity contribution in [3.63, 3.8) is 0 Å². The zero-order valence-electron chi connectivity index (χ0n) is 12.3. The third-order valence-electron chi connectivity index (χ3n) is 3.91. The van der Waals surface area contributed by atoms with E-state index in [4.69, 9.17) is 4.74 Å². The molecule has 4 heteroatoms. The maximum Gasteiger partial charge on any atom is 0.115 e. The van der Waals surface area contributed by atoms with Gasteiger partial charge in [0.2, 0.25) is 0 Å². The fraction of sp³-hybridized carbons (Fsp3) is 0.625. The molecule has 0 bridgehead atoms. The summed E-state index contributed by atoms with van der Waals surface area (Å²) in [5.74, 6) is 0.356. The van der Waals surface area contributed by atoms with Crippen molar-refractivity contribution in [2.24, 2.45) is 0 Å². The van der Waals surface area contributed by atoms with Crippen LogP contribution in [0.1, 0.15) is 24.8 Å². The van der Waals surface area contributed by atoms with E-state index in [2.05, 4.69) is 16.3 Å². The van der Waals surface area contributed by atoms with Crippen molar-refractivity contribution in [1.29, 1.82) is 0 Å². The number of phenolic OH excluding ortho intramolecular Hbond substituents is 1. The smallest absolute Gasteiger partial charge is 0.115 e. The Morgan fingerprint density at radius 1 is 1.40 bits per heavy atom. The van der Waals surface area contributed by atoms with Gasteiger partial charge in [0.25, 0.3) is 0 Å². The Morgan fingerprint density at radius 3 is 3.10 bits per heavy atom. The van der Waals surface area contributed by atoms with Gasteiger partial charge in [-0.1, -0.05) is 18.6 Å². The zero-order valence-corrected chi connectivity index (χ0v) is 12.3. The van der Waals surface area contributed by atoms with E-state index in [1.165, 1.54) is 24.8 Å². The zero-order chi connectivity index (χ0) is 14.2. The molecule has 0 aliphatic carbocycles. The SMILES string of the molecule is COCCNCC1CCCCN1Cc1cccc(O)c1. The van der Waals surface area contributed by atoms with E-state index < -0.39 is 0 Å². The second-order valence-electron chi connectivity index (χ2n) is 5.49. The van der Waals surface area contributed by atoms with E-state index in [0.717, 1.165) is 32.8 Å². The van der Waals surface area contributed by atoms with Crippen molar-refractivity contribution in [2.75, 3.05) is 33.4 Å². The maximum atomic E-state index is 9.56. The van der Waals surface area contributed by atoms with Crippen LogP contribution in [0.4, 0.5) is 0 Å². The molecule has 4 nitrogen and oxygen atoms in total. The first-order valence-electron chi connectivity index (χ1n) is 7.51. The molecular formula is C16H26N2O2. The molecule has 1 heterocycles. The quantitative estimate of drug-likeness (QED) is 0.749. The first-order valence-corrected chi connectivity index (χ1v) is 7.51. The molecule has 0 radical (unpaired) electrons. The summed E-state index contributed by atoms with van der Waals surface area (Å²) in [6.07, 6.45) is 3.83. The van der Waals surface area contributed by atoms with Gasteiger partial charge in [0.1, 0.15) is 5.75 Å². The molecule has 0 amide bonds. The normalized spacial score (nSPS) is 20.1. The van der Waals surface area contributed by atoms with Gasteiger partial charge in [0, 0.05) is 32.8 Å². The van der Waals surface area contributed by atoms with E-state index in [-0.39, 0.29) is 0 Å². The second kappa shape index (κ2) is 8.25. The Bertz CT molecular complexity index is 398. The van der Waals surface area contributed by atoms with Crippen LogP contribution in [0, 0.1) is 0 Å². The number of aromatic hydroxyl groups is 1. The van der Waals surface area contributed by atoms with E-state index in [1.54, 1.807) is 13.2 Å². The van der Waals surface area contributed by atoms with Crippen molar-refractivity contribution < 1.29 is 9.84 Å². The van der Waals surface area contributed by atoms with Gasteiger partial charge in [0.05, 0.1) is 6.61 Å². The standard InChI is InChI=1S/C16H26N2O2/c1-20-10-8-17-12-15-6-2-3-9-18(15)13-14-5-4-7-16(19)11-14/h4-5,7,11,15,17,19H,2-3,6,8-10,12-13H2,1H3. The van der Waals surface area contributed by atoms with Crippen LogP contribution in [-0.2, 0) is 11.3 Å². The van der Waals surface area contributed by atoms with Gasteiger partial charge in [-0.2, -0.15) is 0 Å². The largest absolute Gasteiger partial charge is 0.508 e. The van der Waals surface area contributed by atoms with Gasteiger partial charge in [-0.3, -0.25) is 4.90 Å². The third kappa shape index (κ3) is 4.78. The molecule has 1 aromatic rings. The fourth-order valence-electron chi connectivity index (χ4n) is 2.83. The number of piperidine rings is 1. The summed E-state index contributed by atoms with van der Waals surface area (Å²) in [6, 6.07) is 8.18. The van der Waals surface area contributed by atoms with E-state index >= 15 is 0 Å². The minimum atomic E-state index is 0.356. The molecule has 1 saturated heterocycles. The highest BCUT2D eigenvalue weighted by Gasteiger charge is 2.21. The molecule has 1 aromatic carbocycles. The lowest BCUT2D eigenvalue weighted by Gasteiger charge is -2.36. The average molecular weight is 278 g/mol. The van der Waals surface area contributed by atoms with Crippen molar-refractivity contribution >= 4 is 0 Å². The summed E-state index contributed by atoms with van der Waals surface area (Å²) in [4.78, 5) is 2.53. The van der Waals surface area contributed by atoms with Crippen LogP contribution in [0.5, 0.6) is 5.75 Å². The molecule has 0 aromatic heterocycles. The molecule has 1 atom stereocenters. The number of rotatable bonds is 7. The average Bonchev–Trinajstić information content (AvgIpc) is 2.45. The summed E-state index contributed by atoms with van der Waals surface area (Å²) >= 11 is 0. The van der Waals surface area contributed by atoms with Gasteiger partial charge >= 0.3 is 0 Å². The lowest BCUT2D eigenvalue weighted by Crippen LogP contribution is -2.45. The van der Waals surface area contributed by atoms with E-state index in [0.29, 0.717) is 11.8 Å². The van der Waals surface area contributed by atoms with Gasteiger partial charge in [0.15, 0.2) is 0 Å². The maximum absolute atomic E-state index is 9.56. The number of hydrogen-bond donors (Lipinski definition) is 2. The number of likely N-dealkylation sites (tertiary alicyclic amines) is 1. The van der Waals surface area contributed by atoms with Crippen LogP contribution in [0.2, 0.25) is 0 Å². The van der Waals surface area contributed by atoms with Gasteiger partial charge in [-0.25, -0.2) is 0 Å². The predicted molar refractivity (Wildman–Crippen MR) is 80.9 cm³/mol. The van der Waals surface area contributed by atoms with Crippen molar-refractivity contribution in [2.45, 2.75) is 31.8 Å². The molecule has 2 rings (SSSR count). The highest BCUT2D eigenvalue weighted by molar-refractivity contribution is 5.27. The van der Waals surface area contributed by atoms with Crippen molar-refractivity contribution in [1.82, 2.24) is 10.2 Å². The van der Waals surface area contributed by atoms with Crippen LogP contribution in [0.25, 0.3) is 0 Å². The molecular weight excluding hydrogens is 252 g/mol. The second-order valence-corrected chi connectivity index (χ2v) is 5.49. The summed E-state index contributed by atoms with van der Waals surface area (Å²) < 4.78 is 5.06. The Balaban J connectivity index is 1.86. The molecule has 2 N–H and O–H groups in total. The molecule has 0 saturated carbocycles. The summed E-state index contributed by atoms with van der Waals surface area (Å²) in [6.45, 7) is 4.76. The Morgan fingerprint density at radius 2 is 2.30 bits per heavy atom. The van der Waals surface area contributed by atoms with Crippen LogP contribution >= 0.6 is 0 Å². The molecule has 20 heavy (non-hydrogen) atoms. The Labute approximate surface area is 121 Å². The summed E-state index contributed by atoms with van der Waals surface area (Å²) in [5, 5.41) is 13.0. The molecule has 1 aliphatic heterocycles.